The third-order valence-corrected chi connectivity index (χ3v) is 4.39. The van der Waals surface area contributed by atoms with Crippen molar-refractivity contribution >= 4 is 79.9 Å². The van der Waals surface area contributed by atoms with E-state index >= 15 is 0 Å². The molecule has 0 aliphatic heterocycles. The minimum atomic E-state index is -0.732. The first kappa shape index (κ1) is 19.3. The molecule has 0 radical (unpaired) electrons. The monoisotopic (exact) mass is 469 g/mol. The molecule has 0 saturated heterocycles. The predicted octanol–water partition coefficient (Wildman–Crippen LogP) is 5.86. The molecule has 2 aromatic rings. The van der Waals surface area contributed by atoms with Crippen LogP contribution in [0.2, 0.25) is 20.1 Å². The zero-order valence-electron chi connectivity index (χ0n) is 11.7. The van der Waals surface area contributed by atoms with Crippen LogP contribution in [0.5, 0.6) is 0 Å². The molecule has 0 unspecified atom stereocenters. The molecule has 0 spiro atoms. The second-order valence-corrected chi connectivity index (χ2v) is 7.07. The van der Waals surface area contributed by atoms with Crippen LogP contribution in [0.15, 0.2) is 34.8 Å². The molecule has 0 aliphatic rings. The summed E-state index contributed by atoms with van der Waals surface area (Å²) < 4.78 is 5.59. The SMILES string of the molecule is O=C(COC(=O)c1cc(Br)ccc1Cl)Nc1c(Cl)cc(Cl)cc1Cl. The van der Waals surface area contributed by atoms with E-state index in [1.54, 1.807) is 6.07 Å². The number of nitrogens with one attached hydrogen (secondary N) is 1. The van der Waals surface area contributed by atoms with Crippen LogP contribution in [0.1, 0.15) is 10.4 Å². The molecule has 0 atom stereocenters. The summed E-state index contributed by atoms with van der Waals surface area (Å²) in [7, 11) is 0. The molecule has 0 fully saturated rings. The van der Waals surface area contributed by atoms with E-state index < -0.39 is 18.5 Å². The van der Waals surface area contributed by atoms with Crippen LogP contribution >= 0.6 is 62.3 Å². The summed E-state index contributed by atoms with van der Waals surface area (Å²) in [6.45, 7) is -0.531. The van der Waals surface area contributed by atoms with Gasteiger partial charge in [-0.05, 0) is 30.3 Å². The lowest BCUT2D eigenvalue weighted by atomic mass is 10.2. The molecule has 4 nitrogen and oxygen atoms in total. The highest BCUT2D eigenvalue weighted by Gasteiger charge is 2.16. The number of hydrogen-bond acceptors (Lipinski definition) is 3. The number of carbonyl (C=O) groups excluding carboxylic acids is 2. The normalized spacial score (nSPS) is 10.4. The molecule has 2 rings (SSSR count). The second kappa shape index (κ2) is 8.41. The molecular weight excluding hydrogens is 464 g/mol. The van der Waals surface area contributed by atoms with Crippen molar-refractivity contribution in [2.45, 2.75) is 0 Å². The first-order valence-electron chi connectivity index (χ1n) is 6.34. The Bertz CT molecular complexity index is 790. The zero-order chi connectivity index (χ0) is 17.9. The third kappa shape index (κ3) is 5.01. The van der Waals surface area contributed by atoms with Crippen LogP contribution in [-0.2, 0) is 9.53 Å². The van der Waals surface area contributed by atoms with Crippen molar-refractivity contribution in [3.8, 4) is 0 Å². The van der Waals surface area contributed by atoms with E-state index in [0.29, 0.717) is 9.50 Å². The highest BCUT2D eigenvalue weighted by atomic mass is 79.9. The largest absolute Gasteiger partial charge is 0.452 e. The van der Waals surface area contributed by atoms with Gasteiger partial charge in [-0.3, -0.25) is 4.79 Å². The maximum absolute atomic E-state index is 12.0. The molecule has 0 aromatic heterocycles. The molecule has 9 heteroatoms. The molecule has 0 bridgehead atoms. The standard InChI is InChI=1S/C15H8BrCl4NO3/c16-7-1-2-10(18)9(3-7)15(23)24-6-13(22)21-14-11(19)4-8(17)5-12(14)20/h1-5H,6H2,(H,21,22). The van der Waals surface area contributed by atoms with E-state index in [9.17, 15) is 9.59 Å². The van der Waals surface area contributed by atoms with Crippen molar-refractivity contribution in [1.82, 2.24) is 0 Å². The van der Waals surface area contributed by atoms with Crippen molar-refractivity contribution < 1.29 is 14.3 Å². The Hall–Kier alpha value is -0.980. The Labute approximate surface area is 166 Å². The number of benzene rings is 2. The lowest BCUT2D eigenvalue weighted by molar-refractivity contribution is -0.119. The first-order valence-corrected chi connectivity index (χ1v) is 8.65. The van der Waals surface area contributed by atoms with Crippen LogP contribution in [0.3, 0.4) is 0 Å². The van der Waals surface area contributed by atoms with E-state index in [0.717, 1.165) is 0 Å². The molecule has 0 saturated carbocycles. The molecule has 126 valence electrons. The van der Waals surface area contributed by atoms with Crippen LogP contribution in [0, 0.1) is 0 Å². The minimum absolute atomic E-state index is 0.140. The number of esters is 1. The average molecular weight is 472 g/mol. The summed E-state index contributed by atoms with van der Waals surface area (Å²) in [5, 5.41) is 3.34. The fourth-order valence-corrected chi connectivity index (χ4v) is 3.17. The number of ether oxygens (including phenoxy) is 1. The van der Waals surface area contributed by atoms with Gasteiger partial charge in [0, 0.05) is 9.50 Å². The van der Waals surface area contributed by atoms with Gasteiger partial charge in [0.25, 0.3) is 5.91 Å². The number of halogens is 5. The Morgan fingerprint density at radius 3 is 2.25 bits per heavy atom. The lowest BCUT2D eigenvalue weighted by Crippen LogP contribution is -2.21. The maximum Gasteiger partial charge on any atom is 0.340 e. The van der Waals surface area contributed by atoms with Gasteiger partial charge in [-0.15, -0.1) is 0 Å². The number of carbonyl (C=O) groups is 2. The third-order valence-electron chi connectivity index (χ3n) is 2.75. The fourth-order valence-electron chi connectivity index (χ4n) is 1.70. The van der Waals surface area contributed by atoms with Crippen LogP contribution < -0.4 is 5.32 Å². The lowest BCUT2D eigenvalue weighted by Gasteiger charge is -2.10. The Morgan fingerprint density at radius 2 is 1.62 bits per heavy atom. The molecule has 1 amide bonds. The summed E-state index contributed by atoms with van der Waals surface area (Å²) in [4.78, 5) is 23.9. The number of amides is 1. The molecule has 0 heterocycles. The van der Waals surface area contributed by atoms with Crippen molar-refractivity contribution in [3.63, 3.8) is 0 Å². The minimum Gasteiger partial charge on any atom is -0.452 e. The highest BCUT2D eigenvalue weighted by Crippen LogP contribution is 2.33. The van der Waals surface area contributed by atoms with E-state index in [1.807, 2.05) is 0 Å². The van der Waals surface area contributed by atoms with Gasteiger partial charge in [0.2, 0.25) is 0 Å². The van der Waals surface area contributed by atoms with Gasteiger partial charge in [-0.1, -0.05) is 62.3 Å². The van der Waals surface area contributed by atoms with Crippen LogP contribution in [0.4, 0.5) is 5.69 Å². The molecular formula is C15H8BrCl4NO3. The summed E-state index contributed by atoms with van der Waals surface area (Å²) in [6, 6.07) is 7.57. The van der Waals surface area contributed by atoms with Gasteiger partial charge in [-0.2, -0.15) is 0 Å². The van der Waals surface area contributed by atoms with Gasteiger partial charge < -0.3 is 10.1 Å². The number of anilines is 1. The summed E-state index contributed by atoms with van der Waals surface area (Å²) >= 11 is 26.9. The molecule has 2 aromatic carbocycles. The van der Waals surface area contributed by atoms with Crippen molar-refractivity contribution in [2.24, 2.45) is 0 Å². The number of hydrogen-bond donors (Lipinski definition) is 1. The van der Waals surface area contributed by atoms with E-state index in [2.05, 4.69) is 21.2 Å². The number of rotatable bonds is 4. The van der Waals surface area contributed by atoms with Crippen LogP contribution in [0.25, 0.3) is 0 Å². The quantitative estimate of drug-likeness (QED) is 0.568. The summed E-state index contributed by atoms with van der Waals surface area (Å²) in [5.74, 6) is -1.34. The van der Waals surface area contributed by atoms with E-state index in [1.165, 1.54) is 24.3 Å². The maximum atomic E-state index is 12.0. The van der Waals surface area contributed by atoms with E-state index in [4.69, 9.17) is 51.1 Å². The Morgan fingerprint density at radius 1 is 1.00 bits per heavy atom. The van der Waals surface area contributed by atoms with Gasteiger partial charge in [-0.25, -0.2) is 4.79 Å². The van der Waals surface area contributed by atoms with Crippen molar-refractivity contribution in [2.75, 3.05) is 11.9 Å². The zero-order valence-corrected chi connectivity index (χ0v) is 16.3. The first-order chi connectivity index (χ1) is 11.3. The summed E-state index contributed by atoms with van der Waals surface area (Å²) in [5.41, 5.74) is 0.325. The average Bonchev–Trinajstić information content (AvgIpc) is 2.50. The molecule has 1 N–H and O–H groups in total. The highest BCUT2D eigenvalue weighted by molar-refractivity contribution is 9.10. The Kier molecular flexibility index (Phi) is 6.78. The second-order valence-electron chi connectivity index (χ2n) is 4.49. The smallest absolute Gasteiger partial charge is 0.340 e. The van der Waals surface area contributed by atoms with E-state index in [-0.39, 0.29) is 26.3 Å². The van der Waals surface area contributed by atoms with Gasteiger partial charge >= 0.3 is 5.97 Å². The Balaban J connectivity index is 2.01. The fraction of sp³-hybridized carbons (Fsp3) is 0.0667. The van der Waals surface area contributed by atoms with Gasteiger partial charge in [0.1, 0.15) is 0 Å². The van der Waals surface area contributed by atoms with Crippen molar-refractivity contribution in [1.29, 1.82) is 0 Å². The molecule has 24 heavy (non-hydrogen) atoms. The van der Waals surface area contributed by atoms with Gasteiger partial charge in [0.05, 0.1) is 26.3 Å². The van der Waals surface area contributed by atoms with Crippen molar-refractivity contribution in [3.05, 3.63) is 60.5 Å². The van der Waals surface area contributed by atoms with Gasteiger partial charge in [0.15, 0.2) is 6.61 Å². The van der Waals surface area contributed by atoms with Crippen LogP contribution in [-0.4, -0.2) is 18.5 Å². The topological polar surface area (TPSA) is 55.4 Å². The summed E-state index contributed by atoms with van der Waals surface area (Å²) in [6.07, 6.45) is 0. The molecule has 0 aliphatic carbocycles. The predicted molar refractivity (Wildman–Crippen MR) is 99.5 cm³/mol.